The number of methoxy groups -OCH3 is 1. The van der Waals surface area contributed by atoms with Crippen molar-refractivity contribution in [3.05, 3.63) is 29.1 Å². The molecule has 0 spiro atoms. The topological polar surface area (TPSA) is 50.1 Å². The zero-order valence-electron chi connectivity index (χ0n) is 7.88. The highest BCUT2D eigenvalue weighted by Crippen LogP contribution is 2.24. The molecule has 0 amide bonds. The zero-order valence-corrected chi connectivity index (χ0v) is 8.64. The van der Waals surface area contributed by atoms with E-state index in [2.05, 4.69) is 0 Å². The minimum Gasteiger partial charge on any atom is -0.492 e. The van der Waals surface area contributed by atoms with Gasteiger partial charge in [0.2, 0.25) is 0 Å². The summed E-state index contributed by atoms with van der Waals surface area (Å²) in [7, 11) is 1.25. The van der Waals surface area contributed by atoms with E-state index < -0.39 is 11.6 Å². The van der Waals surface area contributed by atoms with E-state index in [1.807, 2.05) is 0 Å². The largest absolute Gasteiger partial charge is 0.492 e. The first-order chi connectivity index (χ1) is 7.13. The van der Waals surface area contributed by atoms with Gasteiger partial charge in [0.15, 0.2) is 17.3 Å². The molecule has 0 bridgehead atoms. The number of carbonyl (C=O) groups excluding carboxylic acids is 1. The highest BCUT2D eigenvalue weighted by Gasteiger charge is 2.14. The fourth-order valence-electron chi connectivity index (χ4n) is 1.12. The predicted octanol–water partition coefficient (Wildman–Crippen LogP) is 2.13. The Balaban J connectivity index is 3.33. The number of ketones is 1. The fourth-order valence-corrected chi connectivity index (χ4v) is 1.28. The minimum atomic E-state index is -0.745. The Labute approximate surface area is 91.0 Å². The van der Waals surface area contributed by atoms with Gasteiger partial charge in [-0.1, -0.05) is 0 Å². The number of rotatable bonds is 3. The number of hydrogen-bond acceptors (Lipinski definition) is 3. The number of alkyl halides is 1. The summed E-state index contributed by atoms with van der Waals surface area (Å²) < 4.78 is 18.0. The van der Waals surface area contributed by atoms with Crippen LogP contribution in [0.4, 0.5) is 4.39 Å². The Morgan fingerprint density at radius 2 is 2.33 bits per heavy atom. The first-order valence-electron chi connectivity index (χ1n) is 4.00. The Kier molecular flexibility index (Phi) is 3.64. The van der Waals surface area contributed by atoms with E-state index in [0.29, 0.717) is 0 Å². The van der Waals surface area contributed by atoms with Crippen LogP contribution < -0.4 is 4.74 Å². The number of Topliss-reactive ketones (excluding diaryl/α,β-unsaturated/α-hetero) is 1. The molecule has 1 aromatic carbocycles. The first-order valence-corrected chi connectivity index (χ1v) is 4.54. The third kappa shape index (κ3) is 2.25. The average Bonchev–Trinajstić information content (AvgIpc) is 2.26. The molecule has 5 heteroatoms. The second-order valence-corrected chi connectivity index (χ2v) is 2.97. The van der Waals surface area contributed by atoms with Gasteiger partial charge < -0.3 is 4.74 Å². The maximum absolute atomic E-state index is 13.3. The van der Waals surface area contributed by atoms with E-state index in [1.165, 1.54) is 13.2 Å². The molecule has 0 fully saturated rings. The molecular formula is C10H7ClFNO2. The maximum Gasteiger partial charge on any atom is 0.177 e. The van der Waals surface area contributed by atoms with Gasteiger partial charge in [0.25, 0.3) is 0 Å². The predicted molar refractivity (Wildman–Crippen MR) is 52.7 cm³/mol. The fraction of sp³-hybridized carbons (Fsp3) is 0.200. The van der Waals surface area contributed by atoms with Crippen molar-refractivity contribution in [1.82, 2.24) is 0 Å². The molecule has 0 saturated carbocycles. The zero-order chi connectivity index (χ0) is 11.4. The van der Waals surface area contributed by atoms with Gasteiger partial charge in [-0.2, -0.15) is 5.26 Å². The number of hydrogen-bond donors (Lipinski definition) is 0. The third-order valence-electron chi connectivity index (χ3n) is 1.81. The normalized spacial score (nSPS) is 9.47. The van der Waals surface area contributed by atoms with Crippen LogP contribution in [-0.2, 0) is 0 Å². The van der Waals surface area contributed by atoms with E-state index in [4.69, 9.17) is 21.6 Å². The molecule has 0 heterocycles. The van der Waals surface area contributed by atoms with Crippen LogP contribution in [0.25, 0.3) is 0 Å². The summed E-state index contributed by atoms with van der Waals surface area (Å²) in [6.07, 6.45) is 0. The molecule has 0 aliphatic rings. The standard InChI is InChI=1S/C10H7ClFNO2/c1-15-10-7(5-13)2-6(3-8(10)12)9(14)4-11/h2-3H,4H2,1H3. The Morgan fingerprint density at radius 3 is 2.80 bits per heavy atom. The summed E-state index contributed by atoms with van der Waals surface area (Å²) in [5, 5.41) is 8.71. The molecule has 78 valence electrons. The number of halogens is 2. The van der Waals surface area contributed by atoms with Crippen molar-refractivity contribution in [2.24, 2.45) is 0 Å². The number of nitrogens with zero attached hydrogens (tertiary/aromatic N) is 1. The maximum atomic E-state index is 13.3. The van der Waals surface area contributed by atoms with Gasteiger partial charge in [0.1, 0.15) is 6.07 Å². The van der Waals surface area contributed by atoms with E-state index in [9.17, 15) is 9.18 Å². The minimum absolute atomic E-state index is 0.0223. The van der Waals surface area contributed by atoms with Gasteiger partial charge in [-0.15, -0.1) is 11.6 Å². The van der Waals surface area contributed by atoms with Crippen LogP contribution in [0.15, 0.2) is 12.1 Å². The van der Waals surface area contributed by atoms with Crippen molar-refractivity contribution in [2.75, 3.05) is 13.0 Å². The Bertz CT molecular complexity index is 440. The number of carbonyl (C=O) groups is 1. The molecule has 0 atom stereocenters. The SMILES string of the molecule is COc1c(F)cc(C(=O)CCl)cc1C#N. The van der Waals surface area contributed by atoms with Crippen LogP contribution in [0, 0.1) is 17.1 Å². The van der Waals surface area contributed by atoms with Gasteiger partial charge in [-0.3, -0.25) is 4.79 Å². The van der Waals surface area contributed by atoms with Gasteiger partial charge in [0.05, 0.1) is 18.6 Å². The lowest BCUT2D eigenvalue weighted by Gasteiger charge is -2.05. The molecule has 0 unspecified atom stereocenters. The smallest absolute Gasteiger partial charge is 0.177 e. The molecule has 0 saturated heterocycles. The lowest BCUT2D eigenvalue weighted by Crippen LogP contribution is -2.03. The van der Waals surface area contributed by atoms with Crippen molar-refractivity contribution < 1.29 is 13.9 Å². The van der Waals surface area contributed by atoms with E-state index in [1.54, 1.807) is 6.07 Å². The Morgan fingerprint density at radius 1 is 1.67 bits per heavy atom. The molecule has 0 aliphatic heterocycles. The van der Waals surface area contributed by atoms with Crippen molar-refractivity contribution in [3.8, 4) is 11.8 Å². The number of nitriles is 1. The highest BCUT2D eigenvalue weighted by molar-refractivity contribution is 6.30. The van der Waals surface area contributed by atoms with Crippen molar-refractivity contribution in [2.45, 2.75) is 0 Å². The molecular weight excluding hydrogens is 221 g/mol. The van der Waals surface area contributed by atoms with Gasteiger partial charge in [0, 0.05) is 5.56 Å². The van der Waals surface area contributed by atoms with Crippen LogP contribution in [0.3, 0.4) is 0 Å². The summed E-state index contributed by atoms with van der Waals surface area (Å²) in [5.41, 5.74) is 0.0471. The van der Waals surface area contributed by atoms with E-state index in [-0.39, 0.29) is 22.8 Å². The highest BCUT2D eigenvalue weighted by atomic mass is 35.5. The molecule has 15 heavy (non-hydrogen) atoms. The first kappa shape index (κ1) is 11.5. The summed E-state index contributed by atoms with van der Waals surface area (Å²) in [4.78, 5) is 11.2. The monoisotopic (exact) mass is 227 g/mol. The molecule has 0 radical (unpaired) electrons. The third-order valence-corrected chi connectivity index (χ3v) is 2.05. The quantitative estimate of drug-likeness (QED) is 0.587. The molecule has 0 aromatic heterocycles. The van der Waals surface area contributed by atoms with Gasteiger partial charge >= 0.3 is 0 Å². The molecule has 1 rings (SSSR count). The van der Waals surface area contributed by atoms with Crippen molar-refractivity contribution in [1.29, 1.82) is 5.26 Å². The lowest BCUT2D eigenvalue weighted by atomic mass is 10.1. The van der Waals surface area contributed by atoms with E-state index in [0.717, 1.165) is 6.07 Å². The second-order valence-electron chi connectivity index (χ2n) is 2.71. The molecule has 0 N–H and O–H groups in total. The summed E-state index contributed by atoms with van der Waals surface area (Å²) in [6, 6.07) is 4.01. The summed E-state index contributed by atoms with van der Waals surface area (Å²) >= 11 is 5.32. The van der Waals surface area contributed by atoms with E-state index >= 15 is 0 Å². The van der Waals surface area contributed by atoms with Crippen LogP contribution in [0.2, 0.25) is 0 Å². The van der Waals surface area contributed by atoms with Crippen molar-refractivity contribution in [3.63, 3.8) is 0 Å². The van der Waals surface area contributed by atoms with Gasteiger partial charge in [-0.05, 0) is 12.1 Å². The number of ether oxygens (including phenoxy) is 1. The van der Waals surface area contributed by atoms with Crippen molar-refractivity contribution >= 4 is 17.4 Å². The van der Waals surface area contributed by atoms with Gasteiger partial charge in [-0.25, -0.2) is 4.39 Å². The summed E-state index contributed by atoms with van der Waals surface area (Å²) in [6.45, 7) is 0. The van der Waals surface area contributed by atoms with Crippen LogP contribution in [0.5, 0.6) is 5.75 Å². The lowest BCUT2D eigenvalue weighted by molar-refractivity contribution is 0.102. The van der Waals surface area contributed by atoms with Crippen LogP contribution in [0.1, 0.15) is 15.9 Å². The molecule has 3 nitrogen and oxygen atoms in total. The average molecular weight is 228 g/mol. The van der Waals surface area contributed by atoms with Crippen LogP contribution in [-0.4, -0.2) is 18.8 Å². The molecule has 1 aromatic rings. The number of benzene rings is 1. The van der Waals surface area contributed by atoms with Crippen LogP contribution >= 0.6 is 11.6 Å². The second kappa shape index (κ2) is 4.76. The molecule has 0 aliphatic carbocycles. The Hall–Kier alpha value is -1.60. The summed E-state index contributed by atoms with van der Waals surface area (Å²) in [5.74, 6) is -1.60.